The van der Waals surface area contributed by atoms with Crippen molar-refractivity contribution in [3.8, 4) is 0 Å². The molecule has 0 aromatic rings. The van der Waals surface area contributed by atoms with Gasteiger partial charge in [-0.1, -0.05) is 226 Å². The maximum absolute atomic E-state index is 12.6. The molecule has 0 aliphatic rings. The first-order valence-corrected chi connectivity index (χ1v) is 25.0. The van der Waals surface area contributed by atoms with Gasteiger partial charge in [0.25, 0.3) is 0 Å². The van der Waals surface area contributed by atoms with E-state index in [9.17, 15) is 14.3 Å². The summed E-state index contributed by atoms with van der Waals surface area (Å²) < 4.78 is 33.5. The molecule has 0 saturated heterocycles. The number of phosphoric ester groups is 1. The lowest BCUT2D eigenvalue weighted by atomic mass is 10.0. The van der Waals surface area contributed by atoms with E-state index in [2.05, 4.69) is 13.8 Å². The van der Waals surface area contributed by atoms with E-state index >= 15 is 0 Å². The smallest absolute Gasteiger partial charge is 0.457 e. The minimum absolute atomic E-state index is 0.0899. The van der Waals surface area contributed by atoms with Crippen LogP contribution < -0.4 is 5.73 Å². The Bertz CT molecular complexity index is 802. The van der Waals surface area contributed by atoms with Crippen LogP contribution in [-0.4, -0.2) is 49.9 Å². The maximum atomic E-state index is 12.6. The number of rotatable bonds is 46. The van der Waals surface area contributed by atoms with Gasteiger partial charge in [0.2, 0.25) is 0 Å². The van der Waals surface area contributed by atoms with Crippen molar-refractivity contribution < 1.29 is 32.8 Å². The summed E-state index contributed by atoms with van der Waals surface area (Å²) in [5.41, 5.74) is 5.38. The molecule has 0 bridgehead atoms. The number of unbranched alkanes of at least 4 members (excludes halogenated alkanes) is 33. The lowest BCUT2D eigenvalue weighted by Crippen LogP contribution is -2.28. The molecule has 0 spiro atoms. The number of carbonyl (C=O) groups excluding carboxylic acids is 1. The standard InChI is InChI=1S/C45H92NO7P/c1-3-5-7-9-11-13-15-17-19-21-23-25-27-29-31-33-35-37-40-50-42-44(43-52-54(48,49)51-41-39-46)53-45(47)38-36-34-32-30-28-26-24-22-20-18-16-14-12-10-8-6-4-2/h44H,3-43,46H2,1-2H3,(H,48,49). The second-order valence-corrected chi connectivity index (χ2v) is 17.4. The van der Waals surface area contributed by atoms with Crippen molar-refractivity contribution in [1.29, 1.82) is 0 Å². The van der Waals surface area contributed by atoms with Crippen LogP contribution in [-0.2, 0) is 27.9 Å². The van der Waals surface area contributed by atoms with Crippen LogP contribution in [0.4, 0.5) is 0 Å². The molecule has 0 aromatic carbocycles. The molecule has 0 heterocycles. The zero-order valence-electron chi connectivity index (χ0n) is 36.0. The Morgan fingerprint density at radius 3 is 1.17 bits per heavy atom. The lowest BCUT2D eigenvalue weighted by molar-refractivity contribution is -0.154. The molecule has 2 atom stereocenters. The predicted octanol–water partition coefficient (Wildman–Crippen LogP) is 14.1. The Kier molecular flexibility index (Phi) is 43.2. The average molecular weight is 790 g/mol. The third kappa shape index (κ3) is 42.6. The summed E-state index contributed by atoms with van der Waals surface area (Å²) in [5, 5.41) is 0. The van der Waals surface area contributed by atoms with Crippen LogP contribution >= 0.6 is 7.82 Å². The summed E-state index contributed by atoms with van der Waals surface area (Å²) in [5.74, 6) is -0.322. The van der Waals surface area contributed by atoms with Crippen LogP contribution in [0.15, 0.2) is 0 Å². The molecule has 0 saturated carbocycles. The molecule has 0 fully saturated rings. The van der Waals surface area contributed by atoms with Crippen LogP contribution in [0, 0.1) is 0 Å². The molecule has 3 N–H and O–H groups in total. The van der Waals surface area contributed by atoms with Crippen LogP contribution in [0.25, 0.3) is 0 Å². The lowest BCUT2D eigenvalue weighted by Gasteiger charge is -2.20. The normalized spacial score (nSPS) is 13.3. The van der Waals surface area contributed by atoms with Gasteiger partial charge in [0.05, 0.1) is 19.8 Å². The average Bonchev–Trinajstić information content (AvgIpc) is 3.16. The first kappa shape index (κ1) is 53.5. The van der Waals surface area contributed by atoms with Crippen molar-refractivity contribution in [3.05, 3.63) is 0 Å². The van der Waals surface area contributed by atoms with Gasteiger partial charge < -0.3 is 20.1 Å². The number of hydrogen-bond donors (Lipinski definition) is 2. The van der Waals surface area contributed by atoms with Crippen LogP contribution in [0.2, 0.25) is 0 Å². The second kappa shape index (κ2) is 43.6. The fourth-order valence-corrected chi connectivity index (χ4v) is 7.82. The monoisotopic (exact) mass is 790 g/mol. The van der Waals surface area contributed by atoms with Crippen molar-refractivity contribution >= 4 is 13.8 Å². The number of esters is 1. The highest BCUT2D eigenvalue weighted by molar-refractivity contribution is 7.47. The fourth-order valence-electron chi connectivity index (χ4n) is 7.06. The summed E-state index contributed by atoms with van der Waals surface area (Å²) in [7, 11) is -4.27. The fraction of sp³-hybridized carbons (Fsp3) is 0.978. The van der Waals surface area contributed by atoms with E-state index in [0.29, 0.717) is 13.0 Å². The van der Waals surface area contributed by atoms with Gasteiger partial charge in [-0.2, -0.15) is 0 Å². The zero-order chi connectivity index (χ0) is 39.5. The first-order valence-electron chi connectivity index (χ1n) is 23.5. The predicted molar refractivity (Wildman–Crippen MR) is 229 cm³/mol. The van der Waals surface area contributed by atoms with Gasteiger partial charge in [0.1, 0.15) is 6.10 Å². The number of carbonyl (C=O) groups is 1. The molecule has 8 nitrogen and oxygen atoms in total. The van der Waals surface area contributed by atoms with Gasteiger partial charge >= 0.3 is 13.8 Å². The quantitative estimate of drug-likeness (QED) is 0.0356. The van der Waals surface area contributed by atoms with Crippen LogP contribution in [0.5, 0.6) is 0 Å². The van der Waals surface area contributed by atoms with Crippen LogP contribution in [0.3, 0.4) is 0 Å². The minimum atomic E-state index is -4.27. The summed E-state index contributed by atoms with van der Waals surface area (Å²) in [6, 6.07) is 0. The van der Waals surface area contributed by atoms with E-state index in [4.69, 9.17) is 24.3 Å². The summed E-state index contributed by atoms with van der Waals surface area (Å²) in [6.07, 6.45) is 45.5. The molecular weight excluding hydrogens is 697 g/mol. The van der Waals surface area contributed by atoms with Crippen molar-refractivity contribution in [3.63, 3.8) is 0 Å². The Hall–Kier alpha value is -0.500. The van der Waals surface area contributed by atoms with E-state index in [0.717, 1.165) is 32.1 Å². The number of hydrogen-bond acceptors (Lipinski definition) is 7. The molecule has 2 unspecified atom stereocenters. The van der Waals surface area contributed by atoms with Gasteiger partial charge in [0, 0.05) is 19.6 Å². The van der Waals surface area contributed by atoms with E-state index in [1.807, 2.05) is 0 Å². The first-order chi connectivity index (χ1) is 26.4. The molecule has 0 aromatic heterocycles. The molecule has 0 rings (SSSR count). The van der Waals surface area contributed by atoms with Crippen molar-refractivity contribution in [2.75, 3.05) is 33.0 Å². The summed E-state index contributed by atoms with van der Waals surface area (Å²) in [4.78, 5) is 22.5. The van der Waals surface area contributed by atoms with E-state index in [1.54, 1.807) is 0 Å². The maximum Gasteiger partial charge on any atom is 0.472 e. The number of nitrogens with two attached hydrogens (primary N) is 1. The molecule has 0 aliphatic carbocycles. The van der Waals surface area contributed by atoms with Gasteiger partial charge in [0.15, 0.2) is 0 Å². The topological polar surface area (TPSA) is 117 Å². The van der Waals surface area contributed by atoms with Crippen LogP contribution in [0.1, 0.15) is 245 Å². The van der Waals surface area contributed by atoms with Gasteiger partial charge in [-0.15, -0.1) is 0 Å². The molecule has 0 radical (unpaired) electrons. The highest BCUT2D eigenvalue weighted by atomic mass is 31.2. The molecule has 54 heavy (non-hydrogen) atoms. The second-order valence-electron chi connectivity index (χ2n) is 16.0. The Balaban J connectivity index is 3.93. The Morgan fingerprint density at radius 2 is 0.815 bits per heavy atom. The van der Waals surface area contributed by atoms with Crippen molar-refractivity contribution in [2.45, 2.75) is 251 Å². The van der Waals surface area contributed by atoms with E-state index in [-0.39, 0.29) is 32.3 Å². The Labute approximate surface area is 335 Å². The highest BCUT2D eigenvalue weighted by Gasteiger charge is 2.25. The van der Waals surface area contributed by atoms with Crippen molar-refractivity contribution in [2.24, 2.45) is 5.73 Å². The van der Waals surface area contributed by atoms with E-state index in [1.165, 1.54) is 193 Å². The van der Waals surface area contributed by atoms with E-state index < -0.39 is 13.9 Å². The molecule has 324 valence electrons. The Morgan fingerprint density at radius 1 is 0.481 bits per heavy atom. The zero-order valence-corrected chi connectivity index (χ0v) is 36.9. The van der Waals surface area contributed by atoms with Gasteiger partial charge in [-0.05, 0) is 12.8 Å². The molecular formula is C45H92NO7P. The van der Waals surface area contributed by atoms with Gasteiger partial charge in [-0.25, -0.2) is 4.57 Å². The number of phosphoric acid groups is 1. The molecule has 0 aliphatic heterocycles. The SMILES string of the molecule is CCCCCCCCCCCCCCCCCCCCOCC(COP(=O)(O)OCCN)OC(=O)CCCCCCCCCCCCCCCCCCC. The summed E-state index contributed by atoms with van der Waals surface area (Å²) >= 11 is 0. The minimum Gasteiger partial charge on any atom is -0.457 e. The summed E-state index contributed by atoms with van der Waals surface area (Å²) in [6.45, 7) is 5.00. The number of ether oxygens (including phenoxy) is 2. The third-order valence-corrected chi connectivity index (χ3v) is 11.5. The third-order valence-electron chi connectivity index (χ3n) is 10.5. The van der Waals surface area contributed by atoms with Crippen molar-refractivity contribution in [1.82, 2.24) is 0 Å². The molecule has 9 heteroatoms. The largest absolute Gasteiger partial charge is 0.472 e. The highest BCUT2D eigenvalue weighted by Crippen LogP contribution is 2.43. The molecule has 0 amide bonds. The van der Waals surface area contributed by atoms with Gasteiger partial charge in [-0.3, -0.25) is 13.8 Å².